The van der Waals surface area contributed by atoms with Gasteiger partial charge in [-0.2, -0.15) is 0 Å². The maximum Gasteiger partial charge on any atom is 0.341 e. The van der Waals surface area contributed by atoms with Crippen molar-refractivity contribution < 1.29 is 28.9 Å². The molecule has 0 bridgehead atoms. The van der Waals surface area contributed by atoms with Gasteiger partial charge in [-0.05, 0) is 28.9 Å². The summed E-state index contributed by atoms with van der Waals surface area (Å²) < 4.78 is 17.8. The van der Waals surface area contributed by atoms with E-state index in [4.69, 9.17) is 14.2 Å². The number of hydrogen-bond acceptors (Lipinski definition) is 8. The molecular formula is C20H25BrN2O6S. The van der Waals surface area contributed by atoms with E-state index in [1.807, 2.05) is 0 Å². The second-order valence-corrected chi connectivity index (χ2v) is 8.71. The van der Waals surface area contributed by atoms with Gasteiger partial charge in [0.2, 0.25) is 5.91 Å². The van der Waals surface area contributed by atoms with E-state index in [1.54, 1.807) is 19.1 Å². The Balaban J connectivity index is 1.85. The van der Waals surface area contributed by atoms with Crippen molar-refractivity contribution in [2.45, 2.75) is 20.0 Å². The van der Waals surface area contributed by atoms with Crippen LogP contribution in [0.4, 0.5) is 5.00 Å². The predicted octanol–water partition coefficient (Wildman–Crippen LogP) is 2.87. The molecule has 0 aliphatic carbocycles. The number of morpholine rings is 1. The van der Waals surface area contributed by atoms with Gasteiger partial charge in [0.1, 0.15) is 23.3 Å². The number of β-amino-alcohol motifs (C(OH)–C–C–N with tert-alkyl or cyclic N) is 1. The number of hydrogen-bond donors (Lipinski definition) is 2. The van der Waals surface area contributed by atoms with Gasteiger partial charge in [0.15, 0.2) is 5.75 Å². The molecule has 0 spiro atoms. The molecular weight excluding hydrogens is 476 g/mol. The fraction of sp³-hybridized carbons (Fsp3) is 0.500. The summed E-state index contributed by atoms with van der Waals surface area (Å²) in [4.78, 5) is 26.3. The van der Waals surface area contributed by atoms with E-state index in [-0.39, 0.29) is 19.1 Å². The van der Waals surface area contributed by atoms with Crippen molar-refractivity contribution in [1.29, 1.82) is 0 Å². The Hall–Kier alpha value is -1.72. The summed E-state index contributed by atoms with van der Waals surface area (Å²) in [5.41, 5.74) is 0.304. The zero-order valence-corrected chi connectivity index (χ0v) is 19.3. The molecule has 1 saturated heterocycles. The lowest BCUT2D eigenvalue weighted by Gasteiger charge is -2.28. The molecule has 1 aliphatic heterocycles. The first-order valence-electron chi connectivity index (χ1n) is 9.71. The Kier molecular flexibility index (Phi) is 8.06. The minimum absolute atomic E-state index is 0.0944. The highest BCUT2D eigenvalue weighted by atomic mass is 79.9. The fourth-order valence-corrected chi connectivity index (χ4v) is 5.03. The molecule has 1 aliphatic rings. The summed E-state index contributed by atoms with van der Waals surface area (Å²) in [7, 11) is 0. The van der Waals surface area contributed by atoms with Gasteiger partial charge < -0.3 is 24.6 Å². The van der Waals surface area contributed by atoms with Crippen LogP contribution in [-0.4, -0.2) is 74.0 Å². The number of aliphatic hydroxyl groups excluding tert-OH is 1. The highest BCUT2D eigenvalue weighted by molar-refractivity contribution is 9.10. The standard InChI is InChI=1S/C20H25BrN2O6S/c1-3-28-20(26)16-14-4-5-15(21)17(18(14)30-19(16)22-12(2)24)29-11-13(25)10-23-6-8-27-9-7-23/h4-5,13,25H,3,6-11H2,1-2H3,(H,22,24). The smallest absolute Gasteiger partial charge is 0.341 e. The van der Waals surface area contributed by atoms with Crippen molar-refractivity contribution in [1.82, 2.24) is 4.90 Å². The van der Waals surface area contributed by atoms with Crippen molar-refractivity contribution in [2.24, 2.45) is 0 Å². The first-order valence-corrected chi connectivity index (χ1v) is 11.3. The van der Waals surface area contributed by atoms with Crippen molar-refractivity contribution in [3.05, 3.63) is 22.2 Å². The van der Waals surface area contributed by atoms with Gasteiger partial charge in [0.05, 0.1) is 29.0 Å². The van der Waals surface area contributed by atoms with E-state index in [0.717, 1.165) is 13.1 Å². The molecule has 0 saturated carbocycles. The SMILES string of the molecule is CCOC(=O)c1c(NC(C)=O)sc2c(OCC(O)CN3CCOCC3)c(Br)ccc12. The van der Waals surface area contributed by atoms with E-state index in [0.29, 0.717) is 50.6 Å². The predicted molar refractivity (Wildman–Crippen MR) is 119 cm³/mol. The summed E-state index contributed by atoms with van der Waals surface area (Å²) in [5, 5.41) is 14.2. The average Bonchev–Trinajstić information content (AvgIpc) is 3.05. The van der Waals surface area contributed by atoms with E-state index >= 15 is 0 Å². The first-order chi connectivity index (χ1) is 14.4. The molecule has 1 atom stereocenters. The lowest BCUT2D eigenvalue weighted by molar-refractivity contribution is -0.114. The number of carbonyl (C=O) groups excluding carboxylic acids is 2. The van der Waals surface area contributed by atoms with Crippen LogP contribution in [0, 0.1) is 0 Å². The minimum atomic E-state index is -0.676. The summed E-state index contributed by atoms with van der Waals surface area (Å²) >= 11 is 4.73. The molecule has 0 radical (unpaired) electrons. The highest BCUT2D eigenvalue weighted by Crippen LogP contribution is 2.44. The zero-order chi connectivity index (χ0) is 21.7. The van der Waals surface area contributed by atoms with Crippen LogP contribution in [0.25, 0.3) is 10.1 Å². The minimum Gasteiger partial charge on any atom is -0.488 e. The lowest BCUT2D eigenvalue weighted by atomic mass is 10.1. The van der Waals surface area contributed by atoms with Crippen LogP contribution >= 0.6 is 27.3 Å². The molecule has 8 nitrogen and oxygen atoms in total. The normalized spacial score (nSPS) is 15.7. The van der Waals surface area contributed by atoms with Gasteiger partial charge >= 0.3 is 5.97 Å². The maximum absolute atomic E-state index is 12.5. The van der Waals surface area contributed by atoms with Crippen LogP contribution in [0.15, 0.2) is 16.6 Å². The topological polar surface area (TPSA) is 97.3 Å². The van der Waals surface area contributed by atoms with E-state index in [2.05, 4.69) is 26.1 Å². The molecule has 1 aromatic carbocycles. The van der Waals surface area contributed by atoms with Crippen LogP contribution in [0.3, 0.4) is 0 Å². The number of nitrogens with zero attached hydrogens (tertiary/aromatic N) is 1. The van der Waals surface area contributed by atoms with Crippen LogP contribution in [-0.2, 0) is 14.3 Å². The van der Waals surface area contributed by atoms with E-state index < -0.39 is 12.1 Å². The number of amides is 1. The molecule has 30 heavy (non-hydrogen) atoms. The number of halogens is 1. The number of anilines is 1. The van der Waals surface area contributed by atoms with E-state index in [1.165, 1.54) is 18.3 Å². The fourth-order valence-electron chi connectivity index (χ4n) is 3.21. The maximum atomic E-state index is 12.5. The molecule has 10 heteroatoms. The van der Waals surface area contributed by atoms with Gasteiger partial charge in [0.25, 0.3) is 0 Å². The summed E-state index contributed by atoms with van der Waals surface area (Å²) in [6.45, 7) is 6.81. The number of nitrogens with one attached hydrogen (secondary N) is 1. The number of rotatable bonds is 8. The Morgan fingerprint density at radius 2 is 2.10 bits per heavy atom. The molecule has 1 unspecified atom stereocenters. The third-order valence-corrected chi connectivity index (χ3v) is 6.27. The largest absolute Gasteiger partial charge is 0.488 e. The lowest BCUT2D eigenvalue weighted by Crippen LogP contribution is -2.42. The van der Waals surface area contributed by atoms with Gasteiger partial charge in [-0.15, -0.1) is 11.3 Å². The molecule has 2 heterocycles. The second kappa shape index (κ2) is 10.5. The molecule has 2 N–H and O–H groups in total. The number of thiophene rings is 1. The van der Waals surface area contributed by atoms with Gasteiger partial charge in [0, 0.05) is 31.9 Å². The first kappa shape index (κ1) is 23.0. The molecule has 1 aromatic heterocycles. The zero-order valence-electron chi connectivity index (χ0n) is 16.9. The van der Waals surface area contributed by atoms with Crippen LogP contribution in [0.2, 0.25) is 0 Å². The monoisotopic (exact) mass is 500 g/mol. The van der Waals surface area contributed by atoms with Crippen molar-refractivity contribution >= 4 is 54.2 Å². The van der Waals surface area contributed by atoms with Crippen molar-refractivity contribution in [3.8, 4) is 5.75 Å². The Morgan fingerprint density at radius 1 is 1.37 bits per heavy atom. The number of ether oxygens (including phenoxy) is 3. The number of fused-ring (bicyclic) bond motifs is 1. The third kappa shape index (κ3) is 5.50. The quantitative estimate of drug-likeness (QED) is 0.537. The van der Waals surface area contributed by atoms with Crippen LogP contribution in [0.1, 0.15) is 24.2 Å². The van der Waals surface area contributed by atoms with Gasteiger partial charge in [-0.3, -0.25) is 9.69 Å². The number of benzene rings is 1. The van der Waals surface area contributed by atoms with Gasteiger partial charge in [-0.25, -0.2) is 4.79 Å². The summed E-state index contributed by atoms with van der Waals surface area (Å²) in [6, 6.07) is 3.56. The summed E-state index contributed by atoms with van der Waals surface area (Å²) in [5.74, 6) is -0.275. The Labute approximate surface area is 187 Å². The molecule has 1 amide bonds. The number of carbonyl (C=O) groups is 2. The van der Waals surface area contributed by atoms with Crippen molar-refractivity contribution in [3.63, 3.8) is 0 Å². The molecule has 2 aromatic rings. The Morgan fingerprint density at radius 3 is 2.77 bits per heavy atom. The second-order valence-electron chi connectivity index (χ2n) is 6.84. The Bertz CT molecular complexity index is 912. The summed E-state index contributed by atoms with van der Waals surface area (Å²) in [6.07, 6.45) is -0.676. The van der Waals surface area contributed by atoms with Gasteiger partial charge in [-0.1, -0.05) is 6.07 Å². The molecule has 3 rings (SSSR count). The number of aliphatic hydroxyl groups is 1. The van der Waals surface area contributed by atoms with E-state index in [9.17, 15) is 14.7 Å². The van der Waals surface area contributed by atoms with Crippen molar-refractivity contribution in [2.75, 3.05) is 51.4 Å². The molecule has 1 fully saturated rings. The van der Waals surface area contributed by atoms with Crippen LogP contribution < -0.4 is 10.1 Å². The third-order valence-electron chi connectivity index (χ3n) is 4.53. The molecule has 164 valence electrons. The van der Waals surface area contributed by atoms with Crippen LogP contribution in [0.5, 0.6) is 5.75 Å². The highest BCUT2D eigenvalue weighted by Gasteiger charge is 2.25. The number of esters is 1. The average molecular weight is 501 g/mol.